The van der Waals surface area contributed by atoms with E-state index in [0.29, 0.717) is 5.92 Å². The van der Waals surface area contributed by atoms with Crippen LogP contribution in [0.1, 0.15) is 30.9 Å². The van der Waals surface area contributed by atoms with Crippen molar-refractivity contribution in [3.63, 3.8) is 0 Å². The largest absolute Gasteiger partial charge is 0.0877 e. The summed E-state index contributed by atoms with van der Waals surface area (Å²) < 4.78 is 0. The lowest BCUT2D eigenvalue weighted by atomic mass is 9.85. The van der Waals surface area contributed by atoms with E-state index in [1.54, 1.807) is 0 Å². The first-order valence-electron chi connectivity index (χ1n) is 5.89. The van der Waals surface area contributed by atoms with Gasteiger partial charge >= 0.3 is 0 Å². The normalized spacial score (nSPS) is 20.1. The zero-order valence-corrected chi connectivity index (χ0v) is 9.98. The van der Waals surface area contributed by atoms with Crippen LogP contribution < -0.4 is 0 Å². The van der Waals surface area contributed by atoms with Gasteiger partial charge in [-0.25, -0.2) is 0 Å². The van der Waals surface area contributed by atoms with Crippen LogP contribution in [0.3, 0.4) is 0 Å². The molecule has 1 unspecified atom stereocenters. The summed E-state index contributed by atoms with van der Waals surface area (Å²) in [6, 6.07) is 8.74. The summed E-state index contributed by atoms with van der Waals surface area (Å²) in [5, 5.41) is 0. The molecule has 1 atom stereocenters. The van der Waals surface area contributed by atoms with Gasteiger partial charge in [0.1, 0.15) is 0 Å². The molecule has 0 aromatic heterocycles. The highest BCUT2D eigenvalue weighted by atomic mass is 14.2. The number of fused-ring (bicyclic) bond motifs is 1. The molecule has 1 aromatic carbocycles. The van der Waals surface area contributed by atoms with Gasteiger partial charge in [0.15, 0.2) is 0 Å². The molecule has 0 spiro atoms. The van der Waals surface area contributed by atoms with Crippen LogP contribution in [0, 0.1) is 0 Å². The van der Waals surface area contributed by atoms with Crippen LogP contribution in [0.2, 0.25) is 0 Å². The monoisotopic (exact) mass is 210 g/mol. The average molecular weight is 210 g/mol. The van der Waals surface area contributed by atoms with Gasteiger partial charge in [0.25, 0.3) is 0 Å². The quantitative estimate of drug-likeness (QED) is 0.634. The van der Waals surface area contributed by atoms with Crippen molar-refractivity contribution in [2.75, 3.05) is 0 Å². The number of benzene rings is 1. The molecule has 0 radical (unpaired) electrons. The molecule has 0 bridgehead atoms. The van der Waals surface area contributed by atoms with Crippen molar-refractivity contribution in [1.82, 2.24) is 0 Å². The molecular weight excluding hydrogens is 192 g/mol. The Morgan fingerprint density at radius 1 is 1.19 bits per heavy atom. The van der Waals surface area contributed by atoms with Gasteiger partial charge < -0.3 is 0 Å². The molecule has 1 aromatic rings. The molecule has 0 aliphatic heterocycles. The maximum absolute atomic E-state index is 2.36. The molecule has 0 heterocycles. The molecule has 82 valence electrons. The maximum Gasteiger partial charge on any atom is -0.000166 e. The number of rotatable bonds is 2. The average Bonchev–Trinajstić information content (AvgIpc) is 2.30. The van der Waals surface area contributed by atoms with Crippen molar-refractivity contribution in [2.45, 2.75) is 26.2 Å². The summed E-state index contributed by atoms with van der Waals surface area (Å²) >= 11 is 0. The second-order valence-corrected chi connectivity index (χ2v) is 4.29. The van der Waals surface area contributed by atoms with E-state index in [-0.39, 0.29) is 0 Å². The second kappa shape index (κ2) is 4.98. The van der Waals surface area contributed by atoms with Gasteiger partial charge in [-0.3, -0.25) is 0 Å². The Morgan fingerprint density at radius 3 is 2.81 bits per heavy atom. The Balaban J connectivity index is 2.23. The number of allylic oxidation sites excluding steroid dienone is 6. The van der Waals surface area contributed by atoms with Gasteiger partial charge in [0.05, 0.1) is 0 Å². The van der Waals surface area contributed by atoms with Crippen LogP contribution >= 0.6 is 0 Å². The van der Waals surface area contributed by atoms with Crippen LogP contribution in [-0.2, 0) is 6.42 Å². The minimum Gasteiger partial charge on any atom is -0.0877 e. The lowest BCUT2D eigenvalue weighted by molar-refractivity contribution is 0.889. The smallest absolute Gasteiger partial charge is 0.000166 e. The lowest BCUT2D eigenvalue weighted by Crippen LogP contribution is -2.05. The molecule has 1 aliphatic rings. The van der Waals surface area contributed by atoms with E-state index < -0.39 is 0 Å². The lowest BCUT2D eigenvalue weighted by Gasteiger charge is -2.20. The van der Waals surface area contributed by atoms with Gasteiger partial charge in [0.2, 0.25) is 0 Å². The molecule has 0 heteroatoms. The Labute approximate surface area is 98.0 Å². The predicted octanol–water partition coefficient (Wildman–Crippen LogP) is 4.40. The van der Waals surface area contributed by atoms with E-state index in [1.165, 1.54) is 16.7 Å². The summed E-state index contributed by atoms with van der Waals surface area (Å²) in [5.74, 6) is 0.537. The van der Waals surface area contributed by atoms with E-state index in [1.807, 2.05) is 6.92 Å². The van der Waals surface area contributed by atoms with Crippen LogP contribution in [0.15, 0.2) is 60.2 Å². The molecule has 0 saturated carbocycles. The molecule has 1 aliphatic carbocycles. The molecule has 0 amide bonds. The van der Waals surface area contributed by atoms with Gasteiger partial charge in [-0.2, -0.15) is 0 Å². The highest BCUT2D eigenvalue weighted by molar-refractivity contribution is 5.43. The van der Waals surface area contributed by atoms with Crippen molar-refractivity contribution in [2.24, 2.45) is 0 Å². The zero-order chi connectivity index (χ0) is 11.4. The first kappa shape index (κ1) is 10.9. The van der Waals surface area contributed by atoms with Gasteiger partial charge in [-0.05, 0) is 36.0 Å². The highest BCUT2D eigenvalue weighted by Crippen LogP contribution is 2.29. The fraction of sp³-hybridized carbons (Fsp3) is 0.250. The predicted molar refractivity (Wildman–Crippen MR) is 70.6 cm³/mol. The van der Waals surface area contributed by atoms with Crippen molar-refractivity contribution >= 4 is 0 Å². The standard InChI is InChI=1S/C16H18/c1-3-4-5-8-14-11-13(2)16-10-7-6-9-15(16)12-14/h3-11,13H,12H2,1-2H3/b4-3+,8-5+. The summed E-state index contributed by atoms with van der Waals surface area (Å²) in [6.45, 7) is 4.30. The van der Waals surface area contributed by atoms with Crippen molar-refractivity contribution < 1.29 is 0 Å². The van der Waals surface area contributed by atoms with Crippen molar-refractivity contribution in [3.05, 3.63) is 71.3 Å². The van der Waals surface area contributed by atoms with E-state index in [0.717, 1.165) is 6.42 Å². The minimum atomic E-state index is 0.537. The van der Waals surface area contributed by atoms with Crippen molar-refractivity contribution in [1.29, 1.82) is 0 Å². The SMILES string of the molecule is C/C=C/C=C/C1=CC(C)c2ccccc2C1. The minimum absolute atomic E-state index is 0.537. The third kappa shape index (κ3) is 2.33. The topological polar surface area (TPSA) is 0 Å². The van der Waals surface area contributed by atoms with Gasteiger partial charge in [0, 0.05) is 0 Å². The summed E-state index contributed by atoms with van der Waals surface area (Å²) in [7, 11) is 0. The molecule has 0 saturated heterocycles. The van der Waals surface area contributed by atoms with E-state index in [4.69, 9.17) is 0 Å². The fourth-order valence-corrected chi connectivity index (χ4v) is 2.23. The fourth-order valence-electron chi connectivity index (χ4n) is 2.23. The Hall–Kier alpha value is -1.56. The zero-order valence-electron chi connectivity index (χ0n) is 9.98. The van der Waals surface area contributed by atoms with E-state index >= 15 is 0 Å². The third-order valence-corrected chi connectivity index (χ3v) is 3.02. The van der Waals surface area contributed by atoms with Crippen molar-refractivity contribution in [3.8, 4) is 0 Å². The summed E-state index contributed by atoms with van der Waals surface area (Å²) in [5.41, 5.74) is 4.37. The summed E-state index contributed by atoms with van der Waals surface area (Å²) in [4.78, 5) is 0. The van der Waals surface area contributed by atoms with Crippen LogP contribution in [-0.4, -0.2) is 0 Å². The maximum atomic E-state index is 2.36. The molecule has 2 rings (SSSR count). The van der Waals surface area contributed by atoms with E-state index in [2.05, 4.69) is 61.6 Å². The first-order chi connectivity index (χ1) is 7.81. The second-order valence-electron chi connectivity index (χ2n) is 4.29. The Kier molecular flexibility index (Phi) is 3.40. The first-order valence-corrected chi connectivity index (χ1v) is 5.89. The molecule has 0 fully saturated rings. The molecule has 0 N–H and O–H groups in total. The summed E-state index contributed by atoms with van der Waals surface area (Å²) in [6.07, 6.45) is 11.9. The van der Waals surface area contributed by atoms with Gasteiger partial charge in [-0.1, -0.05) is 61.6 Å². The van der Waals surface area contributed by atoms with E-state index in [9.17, 15) is 0 Å². The Morgan fingerprint density at radius 2 is 2.00 bits per heavy atom. The highest BCUT2D eigenvalue weighted by Gasteiger charge is 2.14. The van der Waals surface area contributed by atoms with Crippen LogP contribution in [0.5, 0.6) is 0 Å². The molecule has 0 nitrogen and oxygen atoms in total. The van der Waals surface area contributed by atoms with Crippen LogP contribution in [0.4, 0.5) is 0 Å². The molecular formula is C16H18. The van der Waals surface area contributed by atoms with Crippen LogP contribution in [0.25, 0.3) is 0 Å². The molecule has 16 heavy (non-hydrogen) atoms. The Bertz CT molecular complexity index is 447. The third-order valence-electron chi connectivity index (χ3n) is 3.02. The number of hydrogen-bond donors (Lipinski definition) is 0. The van der Waals surface area contributed by atoms with Gasteiger partial charge in [-0.15, -0.1) is 0 Å². The number of hydrogen-bond acceptors (Lipinski definition) is 0.